The quantitative estimate of drug-likeness (QED) is 0.124. The van der Waals surface area contributed by atoms with E-state index in [0.717, 1.165) is 71.3 Å². The summed E-state index contributed by atoms with van der Waals surface area (Å²) in [7, 11) is 0. The molecule has 0 aromatic carbocycles. The molecule has 0 saturated carbocycles. The molecule has 0 aromatic rings. The van der Waals surface area contributed by atoms with Crippen molar-refractivity contribution in [2.75, 3.05) is 52.5 Å². The van der Waals surface area contributed by atoms with E-state index in [2.05, 4.69) is 49.5 Å². The Labute approximate surface area is 189 Å². The van der Waals surface area contributed by atoms with Crippen LogP contribution in [0.3, 0.4) is 0 Å². The van der Waals surface area contributed by atoms with Gasteiger partial charge in [0, 0.05) is 45.4 Å². The first kappa shape index (κ1) is 27.4. The highest BCUT2D eigenvalue weighted by Crippen LogP contribution is 2.12. The van der Waals surface area contributed by atoms with Crippen molar-refractivity contribution < 1.29 is 9.47 Å². The molecular formula is C21H41IN4O2. The Morgan fingerprint density at radius 3 is 2.54 bits per heavy atom. The Morgan fingerprint density at radius 1 is 1.29 bits per heavy atom. The predicted octanol–water partition coefficient (Wildman–Crippen LogP) is 3.05. The van der Waals surface area contributed by atoms with E-state index in [1.807, 2.05) is 12.2 Å². The summed E-state index contributed by atoms with van der Waals surface area (Å²) in [6.45, 7) is 20.8. The average molecular weight is 508 g/mol. The lowest BCUT2D eigenvalue weighted by atomic mass is 10.0. The monoisotopic (exact) mass is 508 g/mol. The van der Waals surface area contributed by atoms with E-state index in [-0.39, 0.29) is 30.1 Å². The van der Waals surface area contributed by atoms with Crippen molar-refractivity contribution >= 4 is 29.9 Å². The fourth-order valence-corrected chi connectivity index (χ4v) is 3.12. The van der Waals surface area contributed by atoms with Crippen molar-refractivity contribution in [2.24, 2.45) is 10.9 Å². The van der Waals surface area contributed by atoms with Gasteiger partial charge in [-0.2, -0.15) is 0 Å². The number of ether oxygens (including phenoxy) is 2. The lowest BCUT2D eigenvalue weighted by molar-refractivity contribution is 0.0420. The highest BCUT2D eigenvalue weighted by Gasteiger charge is 2.20. The first-order valence-electron chi connectivity index (χ1n) is 10.3. The van der Waals surface area contributed by atoms with Crippen LogP contribution in [-0.2, 0) is 9.47 Å². The molecule has 0 radical (unpaired) electrons. The van der Waals surface area contributed by atoms with Gasteiger partial charge in [0.15, 0.2) is 5.96 Å². The lowest BCUT2D eigenvalue weighted by Gasteiger charge is -2.32. The van der Waals surface area contributed by atoms with Crippen molar-refractivity contribution in [3.05, 3.63) is 25.3 Å². The Kier molecular flexibility index (Phi) is 16.8. The van der Waals surface area contributed by atoms with Crippen molar-refractivity contribution in [1.29, 1.82) is 0 Å². The first-order valence-corrected chi connectivity index (χ1v) is 10.3. The molecule has 1 heterocycles. The van der Waals surface area contributed by atoms with Crippen LogP contribution in [0.15, 0.2) is 30.3 Å². The van der Waals surface area contributed by atoms with Crippen LogP contribution in [-0.4, -0.2) is 75.5 Å². The predicted molar refractivity (Wildman–Crippen MR) is 130 cm³/mol. The maximum Gasteiger partial charge on any atom is 0.191 e. The molecule has 1 fully saturated rings. The molecule has 164 valence electrons. The van der Waals surface area contributed by atoms with Crippen LogP contribution in [0.4, 0.5) is 0 Å². The second kappa shape index (κ2) is 17.2. The summed E-state index contributed by atoms with van der Waals surface area (Å²) < 4.78 is 11.1. The third kappa shape index (κ3) is 11.4. The smallest absolute Gasteiger partial charge is 0.191 e. The van der Waals surface area contributed by atoms with E-state index in [1.165, 1.54) is 0 Å². The van der Waals surface area contributed by atoms with Gasteiger partial charge in [-0.25, -0.2) is 0 Å². The molecule has 28 heavy (non-hydrogen) atoms. The molecule has 6 nitrogen and oxygen atoms in total. The largest absolute Gasteiger partial charge is 0.379 e. The number of nitrogens with one attached hydrogen (secondary N) is 2. The summed E-state index contributed by atoms with van der Waals surface area (Å²) in [6, 6.07) is 0.349. The van der Waals surface area contributed by atoms with Crippen molar-refractivity contribution in [2.45, 2.75) is 45.8 Å². The van der Waals surface area contributed by atoms with Gasteiger partial charge >= 0.3 is 0 Å². The summed E-state index contributed by atoms with van der Waals surface area (Å²) in [6.07, 6.45) is 6.13. The van der Waals surface area contributed by atoms with Crippen molar-refractivity contribution in [1.82, 2.24) is 15.5 Å². The third-order valence-electron chi connectivity index (χ3n) is 4.60. The summed E-state index contributed by atoms with van der Waals surface area (Å²) in [5, 5.41) is 6.74. The highest BCUT2D eigenvalue weighted by molar-refractivity contribution is 14.0. The summed E-state index contributed by atoms with van der Waals surface area (Å²) in [4.78, 5) is 7.19. The molecule has 1 rings (SSSR count). The average Bonchev–Trinajstić information content (AvgIpc) is 3.15. The molecule has 0 aromatic heterocycles. The molecule has 7 heteroatoms. The minimum absolute atomic E-state index is 0. The SMILES string of the molecule is C=CCN(CC=C)C(CN=C(NCC)NCCCOC1CCOC1)C(C)C.I. The number of hydrogen-bond donors (Lipinski definition) is 2. The zero-order valence-corrected chi connectivity index (χ0v) is 20.3. The molecule has 1 saturated heterocycles. The van der Waals surface area contributed by atoms with Gasteiger partial charge in [0.1, 0.15) is 0 Å². The van der Waals surface area contributed by atoms with E-state index in [0.29, 0.717) is 12.0 Å². The van der Waals surface area contributed by atoms with E-state index >= 15 is 0 Å². The number of halogens is 1. The van der Waals surface area contributed by atoms with Gasteiger partial charge in [-0.05, 0) is 25.7 Å². The second-order valence-corrected chi connectivity index (χ2v) is 7.20. The Balaban J connectivity index is 0.00000729. The number of nitrogens with zero attached hydrogens (tertiary/aromatic N) is 2. The van der Waals surface area contributed by atoms with Crippen LogP contribution in [0.1, 0.15) is 33.6 Å². The van der Waals surface area contributed by atoms with E-state index in [4.69, 9.17) is 14.5 Å². The lowest BCUT2D eigenvalue weighted by Crippen LogP contribution is -2.43. The molecule has 1 aliphatic rings. The maximum atomic E-state index is 5.81. The van der Waals surface area contributed by atoms with Crippen LogP contribution in [0.5, 0.6) is 0 Å². The standard InChI is InChI=1S/C21H40N4O2.HI/c1-6-12-25(13-7-2)20(18(4)5)16-24-21(22-8-3)23-11-9-14-27-19-10-15-26-17-19;/h6-7,18-20H,1-2,8-17H2,3-5H3,(H2,22,23,24);1H. The van der Waals surface area contributed by atoms with Crippen LogP contribution >= 0.6 is 24.0 Å². The fourth-order valence-electron chi connectivity index (χ4n) is 3.12. The van der Waals surface area contributed by atoms with Gasteiger partial charge in [0.2, 0.25) is 0 Å². The number of aliphatic imine (C=N–C) groups is 1. The minimum atomic E-state index is 0. The number of rotatable bonds is 14. The zero-order valence-electron chi connectivity index (χ0n) is 18.0. The van der Waals surface area contributed by atoms with Crippen molar-refractivity contribution in [3.8, 4) is 0 Å². The van der Waals surface area contributed by atoms with Crippen molar-refractivity contribution in [3.63, 3.8) is 0 Å². The molecule has 1 aliphatic heterocycles. The third-order valence-corrected chi connectivity index (χ3v) is 4.60. The molecule has 2 unspecified atom stereocenters. The van der Waals surface area contributed by atoms with Gasteiger partial charge < -0.3 is 20.1 Å². The number of hydrogen-bond acceptors (Lipinski definition) is 4. The minimum Gasteiger partial charge on any atom is -0.379 e. The zero-order chi connectivity index (χ0) is 19.9. The van der Waals surface area contributed by atoms with Crippen LogP contribution < -0.4 is 10.6 Å². The van der Waals surface area contributed by atoms with Gasteiger partial charge in [0.25, 0.3) is 0 Å². The molecule has 0 aliphatic carbocycles. The Hall–Kier alpha value is -0.640. The fraction of sp³-hybridized carbons (Fsp3) is 0.762. The summed E-state index contributed by atoms with van der Waals surface area (Å²) in [5.41, 5.74) is 0. The molecule has 0 spiro atoms. The topological polar surface area (TPSA) is 58.1 Å². The van der Waals surface area contributed by atoms with Crippen LogP contribution in [0, 0.1) is 5.92 Å². The van der Waals surface area contributed by atoms with Gasteiger partial charge in [-0.1, -0.05) is 26.0 Å². The highest BCUT2D eigenvalue weighted by atomic mass is 127. The van der Waals surface area contributed by atoms with Crippen LogP contribution in [0.2, 0.25) is 0 Å². The van der Waals surface area contributed by atoms with E-state index in [9.17, 15) is 0 Å². The summed E-state index contributed by atoms with van der Waals surface area (Å²) in [5.74, 6) is 1.36. The molecule has 2 atom stereocenters. The molecule has 2 N–H and O–H groups in total. The Morgan fingerprint density at radius 2 is 2.00 bits per heavy atom. The maximum absolute atomic E-state index is 5.81. The number of guanidine groups is 1. The molecule has 0 bridgehead atoms. The molecular weight excluding hydrogens is 467 g/mol. The molecule has 0 amide bonds. The van der Waals surface area contributed by atoms with Gasteiger partial charge in [-0.15, -0.1) is 37.1 Å². The van der Waals surface area contributed by atoms with E-state index < -0.39 is 0 Å². The van der Waals surface area contributed by atoms with Crippen LogP contribution in [0.25, 0.3) is 0 Å². The van der Waals surface area contributed by atoms with E-state index in [1.54, 1.807) is 0 Å². The second-order valence-electron chi connectivity index (χ2n) is 7.20. The van der Waals surface area contributed by atoms with Gasteiger partial charge in [-0.3, -0.25) is 9.89 Å². The summed E-state index contributed by atoms with van der Waals surface area (Å²) >= 11 is 0. The normalized spacial score (nSPS) is 18.0. The first-order chi connectivity index (χ1) is 13.1. The Bertz CT molecular complexity index is 430. The van der Waals surface area contributed by atoms with Gasteiger partial charge in [0.05, 0.1) is 19.3 Å².